The van der Waals surface area contributed by atoms with E-state index >= 15 is 0 Å². The molecule has 134 valence electrons. The van der Waals surface area contributed by atoms with Crippen molar-refractivity contribution < 1.29 is 9.32 Å². The molecular weight excluding hydrogens is 326 g/mol. The lowest BCUT2D eigenvalue weighted by Gasteiger charge is -2.18. The summed E-state index contributed by atoms with van der Waals surface area (Å²) in [5.74, 6) is 1.09. The lowest BCUT2D eigenvalue weighted by atomic mass is 10.0. The third kappa shape index (κ3) is 4.57. The van der Waals surface area contributed by atoms with Crippen LogP contribution in [0.3, 0.4) is 0 Å². The van der Waals surface area contributed by atoms with Gasteiger partial charge < -0.3 is 9.84 Å². The second-order valence-corrected chi connectivity index (χ2v) is 6.60. The molecule has 2 aromatic carbocycles. The van der Waals surface area contributed by atoms with Gasteiger partial charge in [0, 0.05) is 12.0 Å². The van der Waals surface area contributed by atoms with E-state index in [4.69, 9.17) is 4.52 Å². The van der Waals surface area contributed by atoms with Crippen LogP contribution < -0.4 is 5.32 Å². The first-order chi connectivity index (χ1) is 12.6. The minimum Gasteiger partial charge on any atom is -0.344 e. The number of nitrogens with one attached hydrogen (secondary N) is 1. The van der Waals surface area contributed by atoms with E-state index in [2.05, 4.69) is 15.5 Å². The van der Waals surface area contributed by atoms with Crippen LogP contribution in [-0.4, -0.2) is 16.0 Å². The summed E-state index contributed by atoms with van der Waals surface area (Å²) in [6.45, 7) is 4.04. The third-order valence-electron chi connectivity index (χ3n) is 4.21. The number of benzene rings is 2. The predicted molar refractivity (Wildman–Crippen MR) is 100 cm³/mol. The first kappa shape index (κ1) is 17.9. The molecule has 0 aliphatic heterocycles. The summed E-state index contributed by atoms with van der Waals surface area (Å²) >= 11 is 0. The van der Waals surface area contributed by atoms with Gasteiger partial charge in [0.25, 0.3) is 0 Å². The second-order valence-electron chi connectivity index (χ2n) is 6.60. The predicted octanol–water partition coefficient (Wildman–Crippen LogP) is 4.18. The Morgan fingerprint density at radius 1 is 1.04 bits per heavy atom. The fourth-order valence-corrected chi connectivity index (χ4v) is 2.73. The van der Waals surface area contributed by atoms with E-state index < -0.39 is 0 Å². The van der Waals surface area contributed by atoms with E-state index in [9.17, 15) is 4.79 Å². The van der Waals surface area contributed by atoms with Gasteiger partial charge in [-0.25, -0.2) is 0 Å². The normalized spacial score (nSPS) is 12.1. The van der Waals surface area contributed by atoms with Crippen molar-refractivity contribution in [3.05, 3.63) is 72.1 Å². The van der Waals surface area contributed by atoms with Crippen LogP contribution in [0.5, 0.6) is 0 Å². The highest BCUT2D eigenvalue weighted by atomic mass is 16.5. The summed E-state index contributed by atoms with van der Waals surface area (Å²) < 4.78 is 5.43. The number of hydrogen-bond acceptors (Lipinski definition) is 4. The average molecular weight is 349 g/mol. The second kappa shape index (κ2) is 8.43. The Morgan fingerprint density at radius 3 is 2.35 bits per heavy atom. The molecule has 0 spiro atoms. The molecule has 0 radical (unpaired) electrons. The fourth-order valence-electron chi connectivity index (χ4n) is 2.73. The van der Waals surface area contributed by atoms with Crippen molar-refractivity contribution in [2.24, 2.45) is 5.92 Å². The maximum atomic E-state index is 12.4. The van der Waals surface area contributed by atoms with Crippen molar-refractivity contribution >= 4 is 5.91 Å². The molecule has 1 amide bonds. The maximum absolute atomic E-state index is 12.4. The molecular formula is C21H23N3O2. The Hall–Kier alpha value is -2.95. The fraction of sp³-hybridized carbons (Fsp3) is 0.286. The van der Waals surface area contributed by atoms with Crippen LogP contribution in [0.1, 0.15) is 37.8 Å². The van der Waals surface area contributed by atoms with Gasteiger partial charge in [-0.05, 0) is 17.9 Å². The van der Waals surface area contributed by atoms with Crippen molar-refractivity contribution in [2.75, 3.05) is 0 Å². The number of rotatable bonds is 7. The molecule has 3 rings (SSSR count). The number of carbonyl (C=O) groups is 1. The molecule has 3 aromatic rings. The van der Waals surface area contributed by atoms with Gasteiger partial charge in [0.1, 0.15) is 6.04 Å². The van der Waals surface area contributed by atoms with Crippen LogP contribution in [0.4, 0.5) is 0 Å². The topological polar surface area (TPSA) is 68.0 Å². The summed E-state index contributed by atoms with van der Waals surface area (Å²) in [6, 6.07) is 19.3. The molecule has 26 heavy (non-hydrogen) atoms. The Labute approximate surface area is 153 Å². The molecule has 5 heteroatoms. The number of carbonyl (C=O) groups excluding carboxylic acids is 1. The molecule has 0 fully saturated rings. The van der Waals surface area contributed by atoms with Gasteiger partial charge in [-0.1, -0.05) is 79.7 Å². The van der Waals surface area contributed by atoms with E-state index in [-0.39, 0.29) is 17.9 Å². The summed E-state index contributed by atoms with van der Waals surface area (Å²) in [4.78, 5) is 16.9. The maximum Gasteiger partial charge on any atom is 0.249 e. The van der Waals surface area contributed by atoms with Gasteiger partial charge >= 0.3 is 0 Å². The Balaban J connectivity index is 1.66. The van der Waals surface area contributed by atoms with E-state index in [0.717, 1.165) is 11.1 Å². The molecule has 0 saturated heterocycles. The van der Waals surface area contributed by atoms with Gasteiger partial charge in [-0.15, -0.1) is 0 Å². The van der Waals surface area contributed by atoms with Crippen LogP contribution in [0.2, 0.25) is 0 Å². The third-order valence-corrected chi connectivity index (χ3v) is 4.21. The molecule has 0 aliphatic rings. The Morgan fingerprint density at radius 2 is 1.69 bits per heavy atom. The molecule has 1 N–H and O–H groups in total. The zero-order chi connectivity index (χ0) is 18.4. The van der Waals surface area contributed by atoms with Crippen LogP contribution in [-0.2, 0) is 11.2 Å². The van der Waals surface area contributed by atoms with E-state index in [1.54, 1.807) is 0 Å². The first-order valence-electron chi connectivity index (χ1n) is 8.86. The van der Waals surface area contributed by atoms with Gasteiger partial charge in [0.2, 0.25) is 17.6 Å². The molecule has 1 heterocycles. The highest BCUT2D eigenvalue weighted by molar-refractivity contribution is 5.76. The highest BCUT2D eigenvalue weighted by Crippen LogP contribution is 2.23. The molecule has 1 aromatic heterocycles. The monoisotopic (exact) mass is 349 g/mol. The molecule has 0 saturated carbocycles. The molecule has 0 aliphatic carbocycles. The molecule has 5 nitrogen and oxygen atoms in total. The van der Waals surface area contributed by atoms with Crippen molar-refractivity contribution in [2.45, 2.75) is 32.7 Å². The highest BCUT2D eigenvalue weighted by Gasteiger charge is 2.24. The standard InChI is InChI=1S/C21H23N3O2/c1-15(2)19(22-18(25)14-13-16-9-5-3-6-10-16)21-23-20(24-26-21)17-11-7-4-8-12-17/h3-12,15,19H,13-14H2,1-2H3,(H,22,25)/t19-/m1/s1. The number of hydrogen-bond donors (Lipinski definition) is 1. The van der Waals surface area contributed by atoms with E-state index in [0.29, 0.717) is 24.6 Å². The minimum absolute atomic E-state index is 0.0213. The summed E-state index contributed by atoms with van der Waals surface area (Å²) in [5.41, 5.74) is 2.04. The smallest absolute Gasteiger partial charge is 0.249 e. The zero-order valence-corrected chi connectivity index (χ0v) is 15.1. The van der Waals surface area contributed by atoms with Crippen molar-refractivity contribution in [1.82, 2.24) is 15.5 Å². The summed E-state index contributed by atoms with van der Waals surface area (Å²) in [5, 5.41) is 7.09. The van der Waals surface area contributed by atoms with Gasteiger partial charge in [-0.3, -0.25) is 4.79 Å². The van der Waals surface area contributed by atoms with Gasteiger partial charge in [-0.2, -0.15) is 4.98 Å². The number of nitrogens with zero attached hydrogens (tertiary/aromatic N) is 2. The van der Waals surface area contributed by atoms with Crippen molar-refractivity contribution in [1.29, 1.82) is 0 Å². The molecule has 0 bridgehead atoms. The van der Waals surface area contributed by atoms with Crippen molar-refractivity contribution in [3.63, 3.8) is 0 Å². The van der Waals surface area contributed by atoms with Crippen LogP contribution in [0.25, 0.3) is 11.4 Å². The van der Waals surface area contributed by atoms with Crippen molar-refractivity contribution in [3.8, 4) is 11.4 Å². The van der Waals surface area contributed by atoms with Gasteiger partial charge in [0.15, 0.2) is 0 Å². The Kier molecular flexibility index (Phi) is 5.79. The van der Waals surface area contributed by atoms with Gasteiger partial charge in [0.05, 0.1) is 0 Å². The molecule has 0 unspecified atom stereocenters. The zero-order valence-electron chi connectivity index (χ0n) is 15.1. The summed E-state index contributed by atoms with van der Waals surface area (Å²) in [6.07, 6.45) is 1.13. The summed E-state index contributed by atoms with van der Waals surface area (Å²) in [7, 11) is 0. The SMILES string of the molecule is CC(C)[C@@H](NC(=O)CCc1ccccc1)c1nc(-c2ccccc2)no1. The average Bonchev–Trinajstić information content (AvgIpc) is 3.15. The van der Waals surface area contributed by atoms with Crippen LogP contribution in [0.15, 0.2) is 65.2 Å². The lowest BCUT2D eigenvalue weighted by molar-refractivity contribution is -0.122. The Bertz CT molecular complexity index is 829. The number of amides is 1. The number of aryl methyl sites for hydroxylation is 1. The van der Waals surface area contributed by atoms with E-state index in [1.165, 1.54) is 0 Å². The minimum atomic E-state index is -0.303. The molecule has 1 atom stereocenters. The van der Waals surface area contributed by atoms with Crippen LogP contribution >= 0.6 is 0 Å². The lowest BCUT2D eigenvalue weighted by Crippen LogP contribution is -2.32. The number of aromatic nitrogens is 2. The quantitative estimate of drug-likeness (QED) is 0.695. The van der Waals surface area contributed by atoms with E-state index in [1.807, 2.05) is 74.5 Å². The largest absolute Gasteiger partial charge is 0.344 e. The van der Waals surface area contributed by atoms with Crippen LogP contribution in [0, 0.1) is 5.92 Å². The first-order valence-corrected chi connectivity index (χ1v) is 8.86.